The van der Waals surface area contributed by atoms with E-state index in [0.717, 1.165) is 16.9 Å². The summed E-state index contributed by atoms with van der Waals surface area (Å²) in [5.74, 6) is -0.584. The van der Waals surface area contributed by atoms with Gasteiger partial charge in [0.05, 0.1) is 18.3 Å². The molecule has 0 saturated carbocycles. The number of thiophene rings is 1. The van der Waals surface area contributed by atoms with Crippen molar-refractivity contribution in [2.45, 2.75) is 54.3 Å². The maximum Gasteiger partial charge on any atom is 0.348 e. The molecule has 0 aliphatic carbocycles. The number of ether oxygens (including phenoxy) is 3. The van der Waals surface area contributed by atoms with Crippen molar-refractivity contribution in [1.29, 1.82) is 0 Å². The first-order valence-corrected chi connectivity index (χ1v) is 12.0. The summed E-state index contributed by atoms with van der Waals surface area (Å²) >= 11 is 0.956. The molecule has 0 aliphatic rings. The second-order valence-corrected chi connectivity index (χ2v) is 9.21. The number of carbonyl (C=O) groups excluding carboxylic acids is 3. The molecule has 9 heteroatoms. The van der Waals surface area contributed by atoms with E-state index in [1.807, 2.05) is 32.0 Å². The molecule has 186 valence electrons. The third-order valence-corrected chi connectivity index (χ3v) is 6.31. The topological polar surface area (TPSA) is 104 Å². The Bertz CT molecular complexity index is 1240. The van der Waals surface area contributed by atoms with Crippen molar-refractivity contribution in [2.24, 2.45) is 0 Å². The predicted octanol–water partition coefficient (Wildman–Crippen LogP) is 5.84. The summed E-state index contributed by atoms with van der Waals surface area (Å²) in [6.45, 7) is 11.1. The minimum absolute atomic E-state index is 0.0376. The number of benzene rings is 1. The molecule has 0 unspecified atom stereocenters. The molecule has 0 saturated heterocycles. The first kappa shape index (κ1) is 26.0. The first-order valence-electron chi connectivity index (χ1n) is 11.2. The summed E-state index contributed by atoms with van der Waals surface area (Å²) in [6.07, 6.45) is -0.374. The average molecular weight is 500 g/mol. The molecule has 2 heterocycles. The largest absolute Gasteiger partial charge is 0.486 e. The van der Waals surface area contributed by atoms with E-state index in [0.29, 0.717) is 17.1 Å². The molecule has 0 radical (unpaired) electrons. The van der Waals surface area contributed by atoms with Gasteiger partial charge in [-0.2, -0.15) is 0 Å². The monoisotopic (exact) mass is 499 g/mol. The fourth-order valence-electron chi connectivity index (χ4n) is 3.21. The summed E-state index contributed by atoms with van der Waals surface area (Å²) in [5.41, 5.74) is 2.78. The highest BCUT2D eigenvalue weighted by Crippen LogP contribution is 2.35. The molecule has 1 aromatic carbocycles. The van der Waals surface area contributed by atoms with Crippen LogP contribution in [0.25, 0.3) is 0 Å². The molecule has 0 spiro atoms. The Morgan fingerprint density at radius 2 is 1.77 bits per heavy atom. The highest BCUT2D eigenvalue weighted by atomic mass is 32.1. The SMILES string of the molecule is CCOC(=O)c1sc(NC(=O)c2ccc(COc3ccc(C)c(C)c3)o2)c(C(=O)OC(C)C)c1C. The Kier molecular flexibility index (Phi) is 8.34. The second kappa shape index (κ2) is 11.2. The van der Waals surface area contributed by atoms with Gasteiger partial charge in [-0.3, -0.25) is 4.79 Å². The Morgan fingerprint density at radius 1 is 1.03 bits per heavy atom. The van der Waals surface area contributed by atoms with E-state index in [1.165, 1.54) is 11.6 Å². The number of rotatable bonds is 9. The average Bonchev–Trinajstić information content (AvgIpc) is 3.39. The predicted molar refractivity (Wildman–Crippen MR) is 132 cm³/mol. The number of esters is 2. The van der Waals surface area contributed by atoms with Gasteiger partial charge in [0.2, 0.25) is 0 Å². The third kappa shape index (κ3) is 6.30. The fraction of sp³-hybridized carbons (Fsp3) is 0.346. The Morgan fingerprint density at radius 3 is 2.43 bits per heavy atom. The van der Waals surface area contributed by atoms with Gasteiger partial charge in [-0.25, -0.2) is 9.59 Å². The lowest BCUT2D eigenvalue weighted by Crippen LogP contribution is -2.16. The van der Waals surface area contributed by atoms with Crippen molar-refractivity contribution in [3.63, 3.8) is 0 Å². The maximum atomic E-state index is 12.9. The van der Waals surface area contributed by atoms with Gasteiger partial charge in [-0.05, 0) is 82.5 Å². The number of hydrogen-bond donors (Lipinski definition) is 1. The van der Waals surface area contributed by atoms with Crippen LogP contribution >= 0.6 is 11.3 Å². The van der Waals surface area contributed by atoms with Gasteiger partial charge in [0, 0.05) is 0 Å². The number of aryl methyl sites for hydroxylation is 2. The van der Waals surface area contributed by atoms with Crippen LogP contribution in [0.5, 0.6) is 5.75 Å². The number of nitrogens with one attached hydrogen (secondary N) is 1. The van der Waals surface area contributed by atoms with Gasteiger partial charge in [0.15, 0.2) is 5.76 Å². The lowest BCUT2D eigenvalue weighted by Gasteiger charge is -2.10. The van der Waals surface area contributed by atoms with Crippen molar-refractivity contribution in [3.8, 4) is 5.75 Å². The smallest absolute Gasteiger partial charge is 0.348 e. The van der Waals surface area contributed by atoms with E-state index < -0.39 is 17.8 Å². The summed E-state index contributed by atoms with van der Waals surface area (Å²) in [5, 5.41) is 2.86. The van der Waals surface area contributed by atoms with Gasteiger partial charge >= 0.3 is 11.9 Å². The fourth-order valence-corrected chi connectivity index (χ4v) is 4.30. The molecule has 2 aromatic heterocycles. The number of amides is 1. The van der Waals surface area contributed by atoms with Crippen molar-refractivity contribution < 1.29 is 33.0 Å². The normalized spacial score (nSPS) is 10.8. The molecule has 0 fully saturated rings. The first-order chi connectivity index (χ1) is 16.6. The molecule has 35 heavy (non-hydrogen) atoms. The molecule has 8 nitrogen and oxygen atoms in total. The van der Waals surface area contributed by atoms with E-state index in [1.54, 1.807) is 33.8 Å². The van der Waals surface area contributed by atoms with Crippen LogP contribution in [0.2, 0.25) is 0 Å². The van der Waals surface area contributed by atoms with Crippen LogP contribution in [0.15, 0.2) is 34.7 Å². The van der Waals surface area contributed by atoms with E-state index in [-0.39, 0.29) is 40.5 Å². The number of hydrogen-bond acceptors (Lipinski definition) is 8. The maximum absolute atomic E-state index is 12.9. The van der Waals surface area contributed by atoms with Crippen molar-refractivity contribution >= 4 is 34.2 Å². The molecule has 3 rings (SSSR count). The molecule has 1 amide bonds. The van der Waals surface area contributed by atoms with Gasteiger partial charge in [-0.1, -0.05) is 6.07 Å². The summed E-state index contributed by atoms with van der Waals surface area (Å²) in [4.78, 5) is 38.2. The van der Waals surface area contributed by atoms with Gasteiger partial charge in [-0.15, -0.1) is 11.3 Å². The summed E-state index contributed by atoms with van der Waals surface area (Å²) in [6, 6.07) is 8.95. The van der Waals surface area contributed by atoms with Crippen molar-refractivity contribution in [1.82, 2.24) is 0 Å². The van der Waals surface area contributed by atoms with Crippen LogP contribution in [0.3, 0.4) is 0 Å². The summed E-state index contributed by atoms with van der Waals surface area (Å²) in [7, 11) is 0. The Hall–Kier alpha value is -3.59. The number of furan rings is 1. The Balaban J connectivity index is 1.78. The van der Waals surface area contributed by atoms with E-state index in [2.05, 4.69) is 5.32 Å². The van der Waals surface area contributed by atoms with Crippen LogP contribution in [0.4, 0.5) is 5.00 Å². The zero-order valence-corrected chi connectivity index (χ0v) is 21.5. The van der Waals surface area contributed by atoms with Crippen LogP contribution in [-0.2, 0) is 16.1 Å². The molecule has 0 bridgehead atoms. The molecular weight excluding hydrogens is 470 g/mol. The van der Waals surface area contributed by atoms with E-state index in [9.17, 15) is 14.4 Å². The Labute approximate surface area is 208 Å². The molecule has 0 atom stereocenters. The van der Waals surface area contributed by atoms with Crippen LogP contribution < -0.4 is 10.1 Å². The standard InChI is InChI=1S/C26H29NO7S/c1-7-31-26(30)22-17(6)21(25(29)33-14(2)3)24(35-22)27-23(28)20-11-10-19(34-20)13-32-18-9-8-15(4)16(5)12-18/h8-12,14H,7,13H2,1-6H3,(H,27,28). The highest BCUT2D eigenvalue weighted by Gasteiger charge is 2.28. The van der Waals surface area contributed by atoms with Gasteiger partial charge in [0.25, 0.3) is 5.91 Å². The zero-order valence-electron chi connectivity index (χ0n) is 20.6. The summed E-state index contributed by atoms with van der Waals surface area (Å²) < 4.78 is 21.8. The van der Waals surface area contributed by atoms with E-state index >= 15 is 0 Å². The number of anilines is 1. The number of carbonyl (C=O) groups is 3. The van der Waals surface area contributed by atoms with E-state index in [4.69, 9.17) is 18.6 Å². The molecular formula is C26H29NO7S. The van der Waals surface area contributed by atoms with Gasteiger partial charge in [0.1, 0.15) is 28.0 Å². The minimum atomic E-state index is -0.637. The highest BCUT2D eigenvalue weighted by molar-refractivity contribution is 7.18. The van der Waals surface area contributed by atoms with Crippen LogP contribution in [0.1, 0.15) is 73.8 Å². The van der Waals surface area contributed by atoms with Crippen molar-refractivity contribution in [3.05, 3.63) is 69.0 Å². The quantitative estimate of drug-likeness (QED) is 0.369. The van der Waals surface area contributed by atoms with Crippen LogP contribution in [-0.4, -0.2) is 30.6 Å². The lowest BCUT2D eigenvalue weighted by atomic mass is 10.1. The second-order valence-electron chi connectivity index (χ2n) is 8.19. The minimum Gasteiger partial charge on any atom is -0.486 e. The molecule has 0 aliphatic heterocycles. The van der Waals surface area contributed by atoms with Gasteiger partial charge < -0.3 is 23.9 Å². The van der Waals surface area contributed by atoms with Crippen molar-refractivity contribution in [2.75, 3.05) is 11.9 Å². The molecule has 1 N–H and O–H groups in total. The zero-order chi connectivity index (χ0) is 25.7. The van der Waals surface area contributed by atoms with Crippen LogP contribution in [0, 0.1) is 20.8 Å². The third-order valence-electron chi connectivity index (χ3n) is 5.13. The lowest BCUT2D eigenvalue weighted by molar-refractivity contribution is 0.0379. The molecule has 3 aromatic rings.